The van der Waals surface area contributed by atoms with Gasteiger partial charge in [0.15, 0.2) is 0 Å². The Balaban J connectivity index is 2.05. The maximum Gasteiger partial charge on any atom is 0.0712 e. The molecular formula is C14H17NO. The second-order valence-electron chi connectivity index (χ2n) is 4.49. The van der Waals surface area contributed by atoms with E-state index in [1.54, 1.807) is 0 Å². The zero-order valence-electron chi connectivity index (χ0n) is 9.37. The van der Waals surface area contributed by atoms with Gasteiger partial charge in [0.1, 0.15) is 0 Å². The van der Waals surface area contributed by atoms with Gasteiger partial charge in [0.05, 0.1) is 5.60 Å². The number of nitrogens with one attached hydrogen (secondary N) is 1. The van der Waals surface area contributed by atoms with Crippen molar-refractivity contribution in [2.75, 3.05) is 13.1 Å². The molecule has 0 radical (unpaired) electrons. The van der Waals surface area contributed by atoms with E-state index in [0.717, 1.165) is 43.5 Å². The Bertz CT molecular complexity index is 382. The summed E-state index contributed by atoms with van der Waals surface area (Å²) in [6.45, 7) is 1.80. The Hall–Kier alpha value is -1.30. The van der Waals surface area contributed by atoms with E-state index in [1.807, 2.05) is 24.3 Å². The lowest BCUT2D eigenvalue weighted by Gasteiger charge is -2.32. The van der Waals surface area contributed by atoms with E-state index >= 15 is 0 Å². The summed E-state index contributed by atoms with van der Waals surface area (Å²) in [5.41, 5.74) is 1.51. The molecule has 1 aliphatic heterocycles. The van der Waals surface area contributed by atoms with Gasteiger partial charge in [-0.25, -0.2) is 0 Å². The third-order valence-corrected chi connectivity index (χ3v) is 3.19. The van der Waals surface area contributed by atoms with Gasteiger partial charge in [0, 0.05) is 12.0 Å². The standard InChI is InChI=1S/C14H17NO/c1-2-12-3-5-13(6-4-12)11-14(16)7-9-15-10-8-14/h1,3-6,15-16H,7-11H2. The van der Waals surface area contributed by atoms with Gasteiger partial charge in [-0.2, -0.15) is 0 Å². The normalized spacial score (nSPS) is 19.0. The molecule has 0 saturated carbocycles. The van der Waals surface area contributed by atoms with Crippen LogP contribution in [0.25, 0.3) is 0 Å². The Kier molecular flexibility index (Phi) is 3.28. The number of piperidine rings is 1. The van der Waals surface area contributed by atoms with Crippen LogP contribution in [-0.4, -0.2) is 23.8 Å². The van der Waals surface area contributed by atoms with E-state index in [-0.39, 0.29) is 0 Å². The summed E-state index contributed by atoms with van der Waals surface area (Å²) in [5, 5.41) is 13.6. The Morgan fingerprint density at radius 3 is 2.44 bits per heavy atom. The van der Waals surface area contributed by atoms with E-state index in [1.165, 1.54) is 0 Å². The van der Waals surface area contributed by atoms with E-state index in [4.69, 9.17) is 6.42 Å². The molecule has 0 amide bonds. The van der Waals surface area contributed by atoms with Crippen molar-refractivity contribution in [3.8, 4) is 12.3 Å². The number of rotatable bonds is 2. The van der Waals surface area contributed by atoms with Crippen LogP contribution in [0.4, 0.5) is 0 Å². The molecular weight excluding hydrogens is 198 g/mol. The zero-order chi connectivity index (χ0) is 11.4. The van der Waals surface area contributed by atoms with Gasteiger partial charge in [0.2, 0.25) is 0 Å². The van der Waals surface area contributed by atoms with Crippen LogP contribution in [0.1, 0.15) is 24.0 Å². The van der Waals surface area contributed by atoms with Crippen molar-refractivity contribution in [2.45, 2.75) is 24.9 Å². The number of terminal acetylenes is 1. The van der Waals surface area contributed by atoms with E-state index in [9.17, 15) is 5.11 Å². The van der Waals surface area contributed by atoms with Gasteiger partial charge in [-0.05, 0) is 43.6 Å². The minimum absolute atomic E-state index is 0.539. The lowest BCUT2D eigenvalue weighted by molar-refractivity contribution is 0.0109. The number of benzene rings is 1. The highest BCUT2D eigenvalue weighted by molar-refractivity contribution is 5.34. The zero-order valence-corrected chi connectivity index (χ0v) is 9.37. The predicted molar refractivity (Wildman–Crippen MR) is 65.1 cm³/mol. The first-order valence-corrected chi connectivity index (χ1v) is 5.70. The minimum atomic E-state index is -0.539. The second-order valence-corrected chi connectivity index (χ2v) is 4.49. The molecule has 2 heteroatoms. The molecule has 2 rings (SSSR count). The molecule has 1 aliphatic rings. The van der Waals surface area contributed by atoms with Gasteiger partial charge in [0.25, 0.3) is 0 Å². The molecule has 1 fully saturated rings. The van der Waals surface area contributed by atoms with Crippen LogP contribution in [0, 0.1) is 12.3 Å². The third-order valence-electron chi connectivity index (χ3n) is 3.19. The fourth-order valence-corrected chi connectivity index (χ4v) is 2.17. The third kappa shape index (κ3) is 2.63. The second kappa shape index (κ2) is 4.69. The summed E-state index contributed by atoms with van der Waals surface area (Å²) >= 11 is 0. The monoisotopic (exact) mass is 215 g/mol. The van der Waals surface area contributed by atoms with E-state index < -0.39 is 5.60 Å². The van der Waals surface area contributed by atoms with Crippen LogP contribution < -0.4 is 5.32 Å². The first-order chi connectivity index (χ1) is 7.72. The number of aliphatic hydroxyl groups is 1. The van der Waals surface area contributed by atoms with Crippen molar-refractivity contribution in [1.82, 2.24) is 5.32 Å². The average Bonchev–Trinajstić information content (AvgIpc) is 2.30. The van der Waals surface area contributed by atoms with Crippen molar-refractivity contribution < 1.29 is 5.11 Å². The lowest BCUT2D eigenvalue weighted by atomic mass is 9.86. The molecule has 0 aromatic heterocycles. The molecule has 1 aromatic rings. The van der Waals surface area contributed by atoms with Gasteiger partial charge in [-0.15, -0.1) is 6.42 Å². The molecule has 0 unspecified atom stereocenters. The molecule has 0 aliphatic carbocycles. The maximum atomic E-state index is 10.4. The maximum absolute atomic E-state index is 10.4. The molecule has 2 nitrogen and oxygen atoms in total. The molecule has 0 atom stereocenters. The first kappa shape index (κ1) is 11.2. The lowest BCUT2D eigenvalue weighted by Crippen LogP contribution is -2.43. The van der Waals surface area contributed by atoms with Crippen molar-refractivity contribution in [2.24, 2.45) is 0 Å². The van der Waals surface area contributed by atoms with Crippen molar-refractivity contribution in [3.05, 3.63) is 35.4 Å². The molecule has 0 spiro atoms. The molecule has 2 N–H and O–H groups in total. The quantitative estimate of drug-likeness (QED) is 0.729. The fourth-order valence-electron chi connectivity index (χ4n) is 2.17. The highest BCUT2D eigenvalue weighted by atomic mass is 16.3. The SMILES string of the molecule is C#Cc1ccc(CC2(O)CCNCC2)cc1. The van der Waals surface area contributed by atoms with Gasteiger partial charge in [-0.1, -0.05) is 18.1 Å². The van der Waals surface area contributed by atoms with Gasteiger partial charge < -0.3 is 10.4 Å². The Morgan fingerprint density at radius 2 is 1.88 bits per heavy atom. The first-order valence-electron chi connectivity index (χ1n) is 5.70. The molecule has 16 heavy (non-hydrogen) atoms. The number of hydrogen-bond donors (Lipinski definition) is 2. The summed E-state index contributed by atoms with van der Waals surface area (Å²) < 4.78 is 0. The van der Waals surface area contributed by atoms with Gasteiger partial charge >= 0.3 is 0 Å². The van der Waals surface area contributed by atoms with Crippen LogP contribution in [0.2, 0.25) is 0 Å². The van der Waals surface area contributed by atoms with E-state index in [2.05, 4.69) is 11.2 Å². The minimum Gasteiger partial charge on any atom is -0.389 e. The Morgan fingerprint density at radius 1 is 1.25 bits per heavy atom. The fraction of sp³-hybridized carbons (Fsp3) is 0.429. The van der Waals surface area contributed by atoms with Gasteiger partial charge in [-0.3, -0.25) is 0 Å². The number of hydrogen-bond acceptors (Lipinski definition) is 2. The average molecular weight is 215 g/mol. The molecule has 1 heterocycles. The summed E-state index contributed by atoms with van der Waals surface area (Å²) in [4.78, 5) is 0. The summed E-state index contributed by atoms with van der Waals surface area (Å²) in [6.07, 6.45) is 7.67. The summed E-state index contributed by atoms with van der Waals surface area (Å²) in [5.74, 6) is 2.59. The van der Waals surface area contributed by atoms with Crippen LogP contribution in [-0.2, 0) is 6.42 Å². The molecule has 1 saturated heterocycles. The summed E-state index contributed by atoms with van der Waals surface area (Å²) in [7, 11) is 0. The smallest absolute Gasteiger partial charge is 0.0712 e. The largest absolute Gasteiger partial charge is 0.389 e. The Labute approximate surface area is 96.7 Å². The predicted octanol–water partition coefficient (Wildman–Crippen LogP) is 1.32. The van der Waals surface area contributed by atoms with Crippen LogP contribution in [0.5, 0.6) is 0 Å². The van der Waals surface area contributed by atoms with Crippen LogP contribution in [0.3, 0.4) is 0 Å². The molecule has 84 valence electrons. The van der Waals surface area contributed by atoms with Crippen LogP contribution >= 0.6 is 0 Å². The molecule has 0 bridgehead atoms. The topological polar surface area (TPSA) is 32.3 Å². The van der Waals surface area contributed by atoms with Crippen molar-refractivity contribution in [1.29, 1.82) is 0 Å². The highest BCUT2D eigenvalue weighted by Crippen LogP contribution is 2.23. The van der Waals surface area contributed by atoms with Crippen molar-refractivity contribution >= 4 is 0 Å². The molecule has 1 aromatic carbocycles. The van der Waals surface area contributed by atoms with Crippen molar-refractivity contribution in [3.63, 3.8) is 0 Å². The highest BCUT2D eigenvalue weighted by Gasteiger charge is 2.28. The van der Waals surface area contributed by atoms with E-state index in [0.29, 0.717) is 0 Å². The van der Waals surface area contributed by atoms with Crippen LogP contribution in [0.15, 0.2) is 24.3 Å². The summed E-state index contributed by atoms with van der Waals surface area (Å²) in [6, 6.07) is 7.88.